The molecule has 1 atom stereocenters. The SMILES string of the molecule is CCOC(=O)C1=C(CN2CCSCC2)NC(=O)N[C@H]1c1cccc(F)c1. The molecule has 2 heterocycles. The molecular weight excluding hydrogens is 357 g/mol. The van der Waals surface area contributed by atoms with Gasteiger partial charge in [0, 0.05) is 36.8 Å². The molecule has 2 amide bonds. The monoisotopic (exact) mass is 379 g/mol. The molecule has 140 valence electrons. The number of thioether (sulfide) groups is 1. The van der Waals surface area contributed by atoms with Crippen LogP contribution < -0.4 is 10.6 Å². The molecule has 3 rings (SSSR count). The minimum absolute atomic E-state index is 0.222. The second kappa shape index (κ2) is 8.55. The van der Waals surface area contributed by atoms with E-state index in [0.29, 0.717) is 23.4 Å². The largest absolute Gasteiger partial charge is 0.463 e. The van der Waals surface area contributed by atoms with E-state index in [2.05, 4.69) is 15.5 Å². The number of benzene rings is 1. The Balaban J connectivity index is 1.98. The number of nitrogens with one attached hydrogen (secondary N) is 2. The average molecular weight is 379 g/mol. The average Bonchev–Trinajstić information content (AvgIpc) is 2.62. The molecule has 2 N–H and O–H groups in total. The van der Waals surface area contributed by atoms with Crippen LogP contribution in [0.5, 0.6) is 0 Å². The van der Waals surface area contributed by atoms with Crippen LogP contribution in [0.15, 0.2) is 35.5 Å². The van der Waals surface area contributed by atoms with E-state index in [1.165, 1.54) is 12.1 Å². The van der Waals surface area contributed by atoms with Gasteiger partial charge in [0.05, 0.1) is 18.2 Å². The van der Waals surface area contributed by atoms with E-state index in [9.17, 15) is 14.0 Å². The Kier molecular flexibility index (Phi) is 6.16. The number of rotatable bonds is 5. The Hall–Kier alpha value is -2.06. The van der Waals surface area contributed by atoms with Crippen molar-refractivity contribution in [2.45, 2.75) is 13.0 Å². The zero-order valence-corrected chi connectivity index (χ0v) is 15.4. The van der Waals surface area contributed by atoms with Crippen LogP contribution in [-0.4, -0.2) is 54.6 Å². The zero-order valence-electron chi connectivity index (χ0n) is 14.6. The van der Waals surface area contributed by atoms with Gasteiger partial charge < -0.3 is 15.4 Å². The molecule has 0 aromatic heterocycles. The van der Waals surface area contributed by atoms with Crippen molar-refractivity contribution in [2.75, 3.05) is 37.7 Å². The molecule has 0 bridgehead atoms. The number of urea groups is 1. The van der Waals surface area contributed by atoms with Crippen LogP contribution in [0.25, 0.3) is 0 Å². The molecule has 0 aliphatic carbocycles. The highest BCUT2D eigenvalue weighted by molar-refractivity contribution is 7.99. The number of carbonyl (C=O) groups is 2. The summed E-state index contributed by atoms with van der Waals surface area (Å²) in [5.41, 5.74) is 1.36. The first kappa shape index (κ1) is 18.7. The summed E-state index contributed by atoms with van der Waals surface area (Å²) in [5.74, 6) is 1.10. The smallest absolute Gasteiger partial charge is 0.338 e. The van der Waals surface area contributed by atoms with Crippen molar-refractivity contribution < 1.29 is 18.7 Å². The molecule has 1 aromatic carbocycles. The van der Waals surface area contributed by atoms with Gasteiger partial charge in [-0.25, -0.2) is 14.0 Å². The first-order chi connectivity index (χ1) is 12.6. The summed E-state index contributed by atoms with van der Waals surface area (Å²) in [5, 5.41) is 5.47. The van der Waals surface area contributed by atoms with Crippen LogP contribution in [0.1, 0.15) is 18.5 Å². The van der Waals surface area contributed by atoms with Gasteiger partial charge in [-0.15, -0.1) is 0 Å². The number of carbonyl (C=O) groups excluding carboxylic acids is 2. The molecular formula is C18H22FN3O3S. The van der Waals surface area contributed by atoms with Gasteiger partial charge in [-0.1, -0.05) is 12.1 Å². The van der Waals surface area contributed by atoms with E-state index < -0.39 is 23.9 Å². The molecule has 0 unspecified atom stereocenters. The van der Waals surface area contributed by atoms with Crippen molar-refractivity contribution in [1.82, 2.24) is 15.5 Å². The lowest BCUT2D eigenvalue weighted by molar-refractivity contribution is -0.139. The van der Waals surface area contributed by atoms with Gasteiger partial charge in [0.2, 0.25) is 0 Å². The Morgan fingerprint density at radius 2 is 2.15 bits per heavy atom. The first-order valence-corrected chi connectivity index (χ1v) is 9.77. The highest BCUT2D eigenvalue weighted by Gasteiger charge is 2.34. The minimum atomic E-state index is -0.743. The van der Waals surface area contributed by atoms with Crippen LogP contribution in [0.3, 0.4) is 0 Å². The molecule has 8 heteroatoms. The number of nitrogens with zero attached hydrogens (tertiary/aromatic N) is 1. The minimum Gasteiger partial charge on any atom is -0.463 e. The first-order valence-electron chi connectivity index (χ1n) is 8.61. The number of amides is 2. The maximum atomic E-state index is 13.7. The summed E-state index contributed by atoms with van der Waals surface area (Å²) >= 11 is 1.88. The fraction of sp³-hybridized carbons (Fsp3) is 0.444. The zero-order chi connectivity index (χ0) is 18.5. The molecule has 26 heavy (non-hydrogen) atoms. The van der Waals surface area contributed by atoms with Gasteiger partial charge >= 0.3 is 12.0 Å². The van der Waals surface area contributed by atoms with Crippen LogP contribution in [0, 0.1) is 5.82 Å². The van der Waals surface area contributed by atoms with Crippen LogP contribution in [0.2, 0.25) is 0 Å². The number of hydrogen-bond acceptors (Lipinski definition) is 5. The van der Waals surface area contributed by atoms with Crippen molar-refractivity contribution in [2.24, 2.45) is 0 Å². The summed E-state index contributed by atoms with van der Waals surface area (Å²) in [6.45, 7) is 4.18. The second-order valence-corrected chi connectivity index (χ2v) is 7.31. The molecule has 1 saturated heterocycles. The fourth-order valence-electron chi connectivity index (χ4n) is 3.11. The van der Waals surface area contributed by atoms with Crippen LogP contribution in [-0.2, 0) is 9.53 Å². The van der Waals surface area contributed by atoms with Gasteiger partial charge in [0.25, 0.3) is 0 Å². The Morgan fingerprint density at radius 1 is 1.38 bits per heavy atom. The lowest BCUT2D eigenvalue weighted by Crippen LogP contribution is -2.49. The normalized spacial score (nSPS) is 21.2. The standard InChI is InChI=1S/C18H22FN3O3S/c1-2-25-17(23)15-14(11-22-6-8-26-9-7-22)20-18(24)21-16(15)12-4-3-5-13(19)10-12/h3-5,10,16H,2,6-9,11H2,1H3,(H2,20,21,24)/t16-/m0/s1. The van der Waals surface area contributed by atoms with Crippen LogP contribution >= 0.6 is 11.8 Å². The van der Waals surface area contributed by atoms with E-state index in [4.69, 9.17) is 4.74 Å². The number of hydrogen-bond donors (Lipinski definition) is 2. The van der Waals surface area contributed by atoms with E-state index >= 15 is 0 Å². The van der Waals surface area contributed by atoms with Crippen LogP contribution in [0.4, 0.5) is 9.18 Å². The summed E-state index contributed by atoms with van der Waals surface area (Å²) in [7, 11) is 0. The Morgan fingerprint density at radius 3 is 2.85 bits per heavy atom. The van der Waals surface area contributed by atoms with Gasteiger partial charge in [-0.05, 0) is 24.6 Å². The van der Waals surface area contributed by atoms with E-state index in [-0.39, 0.29) is 6.61 Å². The van der Waals surface area contributed by atoms with Crippen molar-refractivity contribution in [3.05, 3.63) is 46.9 Å². The highest BCUT2D eigenvalue weighted by Crippen LogP contribution is 2.29. The fourth-order valence-corrected chi connectivity index (χ4v) is 4.09. The second-order valence-electron chi connectivity index (χ2n) is 6.09. The number of ether oxygens (including phenoxy) is 1. The molecule has 2 aliphatic heterocycles. The van der Waals surface area contributed by atoms with Gasteiger partial charge in [-0.2, -0.15) is 11.8 Å². The number of esters is 1. The van der Waals surface area contributed by atoms with Gasteiger partial charge in [-0.3, -0.25) is 4.90 Å². The predicted molar refractivity (Wildman–Crippen MR) is 98.2 cm³/mol. The summed E-state index contributed by atoms with van der Waals surface area (Å²) in [6.07, 6.45) is 0. The van der Waals surface area contributed by atoms with Crippen molar-refractivity contribution in [1.29, 1.82) is 0 Å². The van der Waals surface area contributed by atoms with Crippen molar-refractivity contribution in [3.8, 4) is 0 Å². The van der Waals surface area contributed by atoms with Gasteiger partial charge in [0.15, 0.2) is 0 Å². The molecule has 1 fully saturated rings. The lowest BCUT2D eigenvalue weighted by Gasteiger charge is -2.33. The third kappa shape index (κ3) is 4.37. The maximum absolute atomic E-state index is 13.7. The van der Waals surface area contributed by atoms with E-state index in [0.717, 1.165) is 24.6 Å². The summed E-state index contributed by atoms with van der Waals surface area (Å²) in [4.78, 5) is 27.0. The van der Waals surface area contributed by atoms with E-state index in [1.807, 2.05) is 11.8 Å². The molecule has 6 nitrogen and oxygen atoms in total. The summed E-state index contributed by atoms with van der Waals surface area (Å²) < 4.78 is 18.9. The van der Waals surface area contributed by atoms with Crippen molar-refractivity contribution in [3.63, 3.8) is 0 Å². The number of halogens is 1. The summed E-state index contributed by atoms with van der Waals surface area (Å²) in [6, 6.07) is 4.75. The topological polar surface area (TPSA) is 70.7 Å². The molecule has 0 spiro atoms. The molecule has 2 aliphatic rings. The molecule has 0 radical (unpaired) electrons. The lowest BCUT2D eigenvalue weighted by atomic mass is 9.95. The van der Waals surface area contributed by atoms with E-state index in [1.54, 1.807) is 19.1 Å². The predicted octanol–water partition coefficient (Wildman–Crippen LogP) is 2.05. The Bertz CT molecular complexity index is 719. The maximum Gasteiger partial charge on any atom is 0.338 e. The molecule has 1 aromatic rings. The van der Waals surface area contributed by atoms with Gasteiger partial charge in [0.1, 0.15) is 5.82 Å². The Labute approximate surface area is 156 Å². The molecule has 0 saturated carbocycles. The van der Waals surface area contributed by atoms with Crippen molar-refractivity contribution >= 4 is 23.8 Å². The highest BCUT2D eigenvalue weighted by atomic mass is 32.2. The quantitative estimate of drug-likeness (QED) is 0.767. The third-order valence-electron chi connectivity index (χ3n) is 4.32. The third-order valence-corrected chi connectivity index (χ3v) is 5.26.